The highest BCUT2D eigenvalue weighted by molar-refractivity contribution is 7.86. The van der Waals surface area contributed by atoms with Gasteiger partial charge in [0.05, 0.1) is 16.3 Å². The molecule has 0 aromatic heterocycles. The summed E-state index contributed by atoms with van der Waals surface area (Å²) in [6, 6.07) is 11.2. The van der Waals surface area contributed by atoms with E-state index in [-0.39, 0.29) is 16.7 Å². The van der Waals surface area contributed by atoms with E-state index >= 15 is 0 Å². The molecule has 0 bridgehead atoms. The van der Waals surface area contributed by atoms with Crippen LogP contribution in [-0.2, 0) is 19.1 Å². The summed E-state index contributed by atoms with van der Waals surface area (Å²) in [4.78, 5) is 12.0. The lowest BCUT2D eigenvalue weighted by atomic mass is 10.3. The van der Waals surface area contributed by atoms with Crippen molar-refractivity contribution in [2.45, 2.75) is 23.7 Å². The molecule has 1 amide bonds. The number of hydrogen-bond donors (Lipinski definition) is 3. The van der Waals surface area contributed by atoms with Crippen LogP contribution in [0.3, 0.4) is 0 Å². The van der Waals surface area contributed by atoms with Crippen molar-refractivity contribution in [2.75, 3.05) is 10.6 Å². The van der Waals surface area contributed by atoms with Crippen LogP contribution in [0.5, 0.6) is 0 Å². The monoisotopic (exact) mass is 377 g/mol. The highest BCUT2D eigenvalue weighted by atomic mass is 32.2. The molecule has 4 rings (SSSR count). The lowest BCUT2D eigenvalue weighted by Gasteiger charge is -2.30. The van der Waals surface area contributed by atoms with Gasteiger partial charge in [-0.2, -0.15) is 12.6 Å². The van der Waals surface area contributed by atoms with Crippen molar-refractivity contribution in [1.29, 1.82) is 0 Å². The van der Waals surface area contributed by atoms with Crippen molar-refractivity contribution in [2.24, 2.45) is 5.92 Å². The average Bonchev–Trinajstić information content (AvgIpc) is 3.37. The molecular formula is C17H16FN3O4S. The first-order chi connectivity index (χ1) is 12.4. The summed E-state index contributed by atoms with van der Waals surface area (Å²) in [6.07, 6.45) is 1.50. The molecule has 1 saturated carbocycles. The number of benzene rings is 2. The third-order valence-corrected chi connectivity index (χ3v) is 5.45. The van der Waals surface area contributed by atoms with Gasteiger partial charge < -0.3 is 10.6 Å². The van der Waals surface area contributed by atoms with Gasteiger partial charge in [0.25, 0.3) is 0 Å². The highest BCUT2D eigenvalue weighted by Crippen LogP contribution is 2.36. The number of nitrogens with one attached hydrogen (secondary N) is 3. The molecule has 0 unspecified atom stereocenters. The highest BCUT2D eigenvalue weighted by Gasteiger charge is 2.46. The maximum absolute atomic E-state index is 13.1. The quantitative estimate of drug-likeness (QED) is 0.546. The van der Waals surface area contributed by atoms with E-state index in [0.29, 0.717) is 11.4 Å². The smallest absolute Gasteiger partial charge is 0.319 e. The van der Waals surface area contributed by atoms with E-state index < -0.39 is 21.9 Å². The van der Waals surface area contributed by atoms with Crippen LogP contribution < -0.4 is 16.0 Å². The molecule has 26 heavy (non-hydrogen) atoms. The Morgan fingerprint density at radius 2 is 1.65 bits per heavy atom. The Kier molecular flexibility index (Phi) is 3.85. The van der Waals surface area contributed by atoms with Crippen molar-refractivity contribution in [3.8, 4) is 0 Å². The predicted molar refractivity (Wildman–Crippen MR) is 92.0 cm³/mol. The Hall–Kier alpha value is -2.65. The number of amides is 1. The molecule has 2 aliphatic rings. The molecule has 0 saturated heterocycles. The SMILES string of the molecule is O=C(NC1(OS(=O)(=O)c2ccc(F)cc2)Nc2ccccc2N1)C1CC1. The summed E-state index contributed by atoms with van der Waals surface area (Å²) in [7, 11) is -4.29. The van der Waals surface area contributed by atoms with Crippen molar-refractivity contribution in [3.63, 3.8) is 0 Å². The van der Waals surface area contributed by atoms with E-state index in [0.717, 1.165) is 37.1 Å². The molecule has 0 spiro atoms. The molecule has 0 atom stereocenters. The van der Waals surface area contributed by atoms with Crippen molar-refractivity contribution >= 4 is 27.4 Å². The van der Waals surface area contributed by atoms with Gasteiger partial charge >= 0.3 is 16.1 Å². The van der Waals surface area contributed by atoms with Gasteiger partial charge in [0.15, 0.2) is 0 Å². The van der Waals surface area contributed by atoms with E-state index in [1.54, 1.807) is 24.3 Å². The topological polar surface area (TPSA) is 96.5 Å². The summed E-state index contributed by atoms with van der Waals surface area (Å²) >= 11 is 0. The summed E-state index contributed by atoms with van der Waals surface area (Å²) in [5.74, 6) is -2.88. The maximum Gasteiger partial charge on any atom is 0.320 e. The molecule has 9 heteroatoms. The molecule has 7 nitrogen and oxygen atoms in total. The third-order valence-electron chi connectivity index (χ3n) is 4.13. The summed E-state index contributed by atoms with van der Waals surface area (Å²) in [6.45, 7) is 0. The lowest BCUT2D eigenvalue weighted by Crippen LogP contribution is -2.60. The van der Waals surface area contributed by atoms with E-state index in [2.05, 4.69) is 16.0 Å². The maximum atomic E-state index is 13.1. The first-order valence-electron chi connectivity index (χ1n) is 8.06. The van der Waals surface area contributed by atoms with E-state index in [1.165, 1.54) is 0 Å². The van der Waals surface area contributed by atoms with Crippen LogP contribution in [0.4, 0.5) is 15.8 Å². The Bertz CT molecular complexity index is 933. The Labute approximate surface area is 149 Å². The standard InChI is InChI=1S/C17H16FN3O4S/c18-12-7-9-13(10-8-12)26(23,24)25-17(21-16(22)11-5-6-11)19-14-3-1-2-4-15(14)20-17/h1-4,7-11,19-20H,5-6H2,(H,21,22). The van der Waals surface area contributed by atoms with E-state index in [4.69, 9.17) is 4.18 Å². The third kappa shape index (κ3) is 3.23. The first kappa shape index (κ1) is 16.8. The number of halogens is 1. The summed E-state index contributed by atoms with van der Waals surface area (Å²) < 4.78 is 43.7. The van der Waals surface area contributed by atoms with Crippen LogP contribution in [0.25, 0.3) is 0 Å². The molecule has 0 radical (unpaired) electrons. The zero-order chi connectivity index (χ0) is 18.4. The fourth-order valence-electron chi connectivity index (χ4n) is 2.67. The second kappa shape index (κ2) is 5.96. The van der Waals surface area contributed by atoms with Gasteiger partial charge in [-0.1, -0.05) is 12.1 Å². The van der Waals surface area contributed by atoms with Crippen LogP contribution in [0.2, 0.25) is 0 Å². The first-order valence-corrected chi connectivity index (χ1v) is 9.46. The Balaban J connectivity index is 1.65. The van der Waals surface area contributed by atoms with Crippen LogP contribution >= 0.6 is 0 Å². The lowest BCUT2D eigenvalue weighted by molar-refractivity contribution is -0.126. The molecule has 2 aromatic carbocycles. The Morgan fingerprint density at radius 3 is 2.19 bits per heavy atom. The van der Waals surface area contributed by atoms with Crippen molar-refractivity contribution < 1.29 is 21.8 Å². The van der Waals surface area contributed by atoms with Gasteiger partial charge in [0, 0.05) is 5.92 Å². The van der Waals surface area contributed by atoms with Crippen LogP contribution in [0.15, 0.2) is 53.4 Å². The van der Waals surface area contributed by atoms with Gasteiger partial charge in [-0.25, -0.2) is 4.39 Å². The predicted octanol–water partition coefficient (Wildman–Crippen LogP) is 2.21. The number of anilines is 2. The average molecular weight is 377 g/mol. The largest absolute Gasteiger partial charge is 0.320 e. The van der Waals surface area contributed by atoms with Gasteiger partial charge in [-0.05, 0) is 49.2 Å². The number of fused-ring (bicyclic) bond motifs is 1. The number of hydrogen-bond acceptors (Lipinski definition) is 6. The number of carbonyl (C=O) groups is 1. The molecule has 1 aliphatic carbocycles. The molecule has 1 heterocycles. The van der Waals surface area contributed by atoms with Crippen LogP contribution in [0.1, 0.15) is 12.8 Å². The zero-order valence-electron chi connectivity index (χ0n) is 13.5. The molecule has 3 N–H and O–H groups in total. The molecule has 136 valence electrons. The van der Waals surface area contributed by atoms with E-state index in [9.17, 15) is 17.6 Å². The minimum Gasteiger partial charge on any atom is -0.319 e. The minimum absolute atomic E-state index is 0.156. The second-order valence-corrected chi connectivity index (χ2v) is 7.78. The molecule has 1 fully saturated rings. The number of rotatable bonds is 5. The number of carbonyl (C=O) groups excluding carboxylic acids is 1. The van der Waals surface area contributed by atoms with Gasteiger partial charge in [0.1, 0.15) is 5.82 Å². The van der Waals surface area contributed by atoms with Crippen LogP contribution in [0, 0.1) is 11.7 Å². The van der Waals surface area contributed by atoms with Gasteiger partial charge in [0.2, 0.25) is 5.91 Å². The van der Waals surface area contributed by atoms with Gasteiger partial charge in [-0.15, -0.1) is 0 Å². The normalized spacial score (nSPS) is 17.7. The molecule has 2 aromatic rings. The Morgan fingerprint density at radius 1 is 1.08 bits per heavy atom. The number of para-hydroxylation sites is 2. The molecule has 1 aliphatic heterocycles. The van der Waals surface area contributed by atoms with E-state index in [1.807, 2.05) is 0 Å². The fraction of sp³-hybridized carbons (Fsp3) is 0.235. The van der Waals surface area contributed by atoms with Crippen molar-refractivity contribution in [1.82, 2.24) is 5.32 Å². The summed E-state index contributed by atoms with van der Waals surface area (Å²) in [5, 5.41) is 8.36. The summed E-state index contributed by atoms with van der Waals surface area (Å²) in [5.41, 5.74) is 1.16. The molecular weight excluding hydrogens is 361 g/mol. The fourth-order valence-corrected chi connectivity index (χ4v) is 3.69. The van der Waals surface area contributed by atoms with Crippen LogP contribution in [-0.4, -0.2) is 20.3 Å². The van der Waals surface area contributed by atoms with Gasteiger partial charge in [-0.3, -0.25) is 10.1 Å². The second-order valence-electron chi connectivity index (χ2n) is 6.23. The minimum atomic E-state index is -4.29. The van der Waals surface area contributed by atoms with Crippen molar-refractivity contribution in [3.05, 3.63) is 54.3 Å². The zero-order valence-corrected chi connectivity index (χ0v) is 14.3.